The Bertz CT molecular complexity index is 524. The molecule has 0 saturated carbocycles. The summed E-state index contributed by atoms with van der Waals surface area (Å²) in [5.74, 6) is 0. The molecule has 0 saturated heterocycles. The Morgan fingerprint density at radius 1 is 1.33 bits per heavy atom. The van der Waals surface area contributed by atoms with Crippen molar-refractivity contribution >= 4 is 11.8 Å². The molecule has 4 heteroatoms. The molecule has 0 aliphatic carbocycles. The standard InChI is InChI=1S/C11H9N3O/c1-14-7-6-11(13-14)9-4-2-3-5-10(9)12-8-15/h2-7H,1H3. The lowest BCUT2D eigenvalue weighted by Crippen LogP contribution is -1.87. The van der Waals surface area contributed by atoms with E-state index in [-0.39, 0.29) is 0 Å². The van der Waals surface area contributed by atoms with Gasteiger partial charge in [-0.25, -0.2) is 4.79 Å². The number of aliphatic imine (C=N–C) groups is 1. The van der Waals surface area contributed by atoms with Crippen molar-refractivity contribution in [3.05, 3.63) is 36.5 Å². The number of aryl methyl sites for hydroxylation is 1. The van der Waals surface area contributed by atoms with Gasteiger partial charge in [0.25, 0.3) is 0 Å². The Morgan fingerprint density at radius 3 is 2.80 bits per heavy atom. The van der Waals surface area contributed by atoms with Gasteiger partial charge in [-0.3, -0.25) is 4.68 Å². The quantitative estimate of drug-likeness (QED) is 0.549. The number of para-hydroxylation sites is 1. The van der Waals surface area contributed by atoms with Crippen LogP contribution in [0.2, 0.25) is 0 Å². The number of hydrogen-bond acceptors (Lipinski definition) is 3. The fourth-order valence-corrected chi connectivity index (χ4v) is 1.40. The molecule has 0 amide bonds. The van der Waals surface area contributed by atoms with Gasteiger partial charge in [-0.05, 0) is 12.1 Å². The summed E-state index contributed by atoms with van der Waals surface area (Å²) in [5, 5.41) is 4.25. The fourth-order valence-electron chi connectivity index (χ4n) is 1.40. The second-order valence-electron chi connectivity index (χ2n) is 3.09. The molecular weight excluding hydrogens is 190 g/mol. The van der Waals surface area contributed by atoms with E-state index < -0.39 is 0 Å². The second kappa shape index (κ2) is 3.90. The number of aromatic nitrogens is 2. The summed E-state index contributed by atoms with van der Waals surface area (Å²) >= 11 is 0. The van der Waals surface area contributed by atoms with Crippen LogP contribution < -0.4 is 0 Å². The first-order valence-electron chi connectivity index (χ1n) is 4.48. The molecule has 0 radical (unpaired) electrons. The van der Waals surface area contributed by atoms with Gasteiger partial charge >= 0.3 is 0 Å². The maximum atomic E-state index is 10.2. The largest absolute Gasteiger partial charge is 0.275 e. The van der Waals surface area contributed by atoms with Crippen LogP contribution in [0.4, 0.5) is 5.69 Å². The Hall–Kier alpha value is -2.19. The molecule has 0 atom stereocenters. The summed E-state index contributed by atoms with van der Waals surface area (Å²) in [4.78, 5) is 13.9. The molecule has 1 aromatic carbocycles. The number of hydrogen-bond donors (Lipinski definition) is 0. The van der Waals surface area contributed by atoms with Gasteiger partial charge in [0.15, 0.2) is 0 Å². The van der Waals surface area contributed by atoms with Gasteiger partial charge in [-0.1, -0.05) is 18.2 Å². The highest BCUT2D eigenvalue weighted by Crippen LogP contribution is 2.27. The van der Waals surface area contributed by atoms with Crippen molar-refractivity contribution in [1.29, 1.82) is 0 Å². The van der Waals surface area contributed by atoms with Gasteiger partial charge in [0, 0.05) is 18.8 Å². The predicted octanol–water partition coefficient (Wildman–Crippen LogP) is 2.05. The van der Waals surface area contributed by atoms with E-state index in [1.165, 1.54) is 0 Å². The van der Waals surface area contributed by atoms with E-state index in [9.17, 15) is 4.79 Å². The van der Waals surface area contributed by atoms with Crippen molar-refractivity contribution in [3.63, 3.8) is 0 Å². The van der Waals surface area contributed by atoms with Crippen LogP contribution in [0.1, 0.15) is 0 Å². The van der Waals surface area contributed by atoms with Crippen molar-refractivity contribution in [3.8, 4) is 11.3 Å². The van der Waals surface area contributed by atoms with E-state index >= 15 is 0 Å². The molecule has 2 rings (SSSR count). The monoisotopic (exact) mass is 199 g/mol. The van der Waals surface area contributed by atoms with Crippen LogP contribution in [0.5, 0.6) is 0 Å². The van der Waals surface area contributed by atoms with Gasteiger partial charge in [0.1, 0.15) is 0 Å². The van der Waals surface area contributed by atoms with Crippen LogP contribution in [0.15, 0.2) is 41.5 Å². The van der Waals surface area contributed by atoms with Crippen molar-refractivity contribution in [1.82, 2.24) is 9.78 Å². The second-order valence-corrected chi connectivity index (χ2v) is 3.09. The van der Waals surface area contributed by atoms with E-state index in [1.807, 2.05) is 37.5 Å². The molecule has 2 aromatic rings. The van der Waals surface area contributed by atoms with E-state index in [1.54, 1.807) is 16.8 Å². The zero-order chi connectivity index (χ0) is 10.7. The summed E-state index contributed by atoms with van der Waals surface area (Å²) in [6.07, 6.45) is 3.39. The average molecular weight is 199 g/mol. The zero-order valence-corrected chi connectivity index (χ0v) is 8.21. The third-order valence-corrected chi connectivity index (χ3v) is 2.06. The molecule has 0 N–H and O–H groups in total. The van der Waals surface area contributed by atoms with Gasteiger partial charge in [0.2, 0.25) is 6.08 Å². The van der Waals surface area contributed by atoms with Crippen molar-refractivity contribution in [2.24, 2.45) is 12.0 Å². The third kappa shape index (κ3) is 1.85. The first kappa shape index (κ1) is 9.37. The molecular formula is C11H9N3O. The molecule has 4 nitrogen and oxygen atoms in total. The van der Waals surface area contributed by atoms with Crippen molar-refractivity contribution in [2.75, 3.05) is 0 Å². The van der Waals surface area contributed by atoms with Crippen LogP contribution in [0.25, 0.3) is 11.3 Å². The van der Waals surface area contributed by atoms with Crippen LogP contribution >= 0.6 is 0 Å². The molecule has 0 bridgehead atoms. The molecule has 0 aliphatic heterocycles. The highest BCUT2D eigenvalue weighted by molar-refractivity contribution is 5.74. The minimum Gasteiger partial charge on any atom is -0.275 e. The lowest BCUT2D eigenvalue weighted by atomic mass is 10.1. The fraction of sp³-hybridized carbons (Fsp3) is 0.0909. The average Bonchev–Trinajstić information content (AvgIpc) is 2.66. The third-order valence-electron chi connectivity index (χ3n) is 2.06. The molecule has 0 fully saturated rings. The summed E-state index contributed by atoms with van der Waals surface area (Å²) in [7, 11) is 1.84. The molecule has 0 spiro atoms. The lowest BCUT2D eigenvalue weighted by molar-refractivity contribution is 0.565. The van der Waals surface area contributed by atoms with Gasteiger partial charge in [-0.2, -0.15) is 10.1 Å². The van der Waals surface area contributed by atoms with Crippen molar-refractivity contribution in [2.45, 2.75) is 0 Å². The van der Waals surface area contributed by atoms with Gasteiger partial charge in [-0.15, -0.1) is 0 Å². The number of isocyanates is 1. The smallest absolute Gasteiger partial charge is 0.240 e. The Labute approximate surface area is 86.9 Å². The molecule has 15 heavy (non-hydrogen) atoms. The summed E-state index contributed by atoms with van der Waals surface area (Å²) in [6.45, 7) is 0. The van der Waals surface area contributed by atoms with Gasteiger partial charge in [0.05, 0.1) is 11.4 Å². The molecule has 1 heterocycles. The summed E-state index contributed by atoms with van der Waals surface area (Å²) < 4.78 is 1.71. The predicted molar refractivity (Wildman–Crippen MR) is 56.4 cm³/mol. The number of benzene rings is 1. The van der Waals surface area contributed by atoms with Crippen LogP contribution in [0, 0.1) is 0 Å². The van der Waals surface area contributed by atoms with Gasteiger partial charge < -0.3 is 0 Å². The van der Waals surface area contributed by atoms with E-state index in [2.05, 4.69) is 10.1 Å². The Kier molecular flexibility index (Phi) is 2.44. The SMILES string of the molecule is Cn1ccc(-c2ccccc2N=C=O)n1. The molecule has 0 aliphatic rings. The minimum absolute atomic E-state index is 0.589. The topological polar surface area (TPSA) is 47.2 Å². The van der Waals surface area contributed by atoms with Crippen LogP contribution in [-0.4, -0.2) is 15.9 Å². The summed E-state index contributed by atoms with van der Waals surface area (Å²) in [6, 6.07) is 9.21. The molecule has 0 unspecified atom stereocenters. The molecule has 1 aromatic heterocycles. The van der Waals surface area contributed by atoms with E-state index in [4.69, 9.17) is 0 Å². The number of carbonyl (C=O) groups excluding carboxylic acids is 1. The highest BCUT2D eigenvalue weighted by Gasteiger charge is 2.05. The summed E-state index contributed by atoms with van der Waals surface area (Å²) in [5.41, 5.74) is 2.22. The normalized spacial score (nSPS) is 9.67. The van der Waals surface area contributed by atoms with Crippen LogP contribution in [0.3, 0.4) is 0 Å². The minimum atomic E-state index is 0.589. The zero-order valence-electron chi connectivity index (χ0n) is 8.21. The maximum absolute atomic E-state index is 10.2. The van der Waals surface area contributed by atoms with E-state index in [0.717, 1.165) is 11.3 Å². The van der Waals surface area contributed by atoms with Crippen LogP contribution in [-0.2, 0) is 11.8 Å². The number of rotatable bonds is 2. The first-order chi connectivity index (χ1) is 7.31. The maximum Gasteiger partial charge on any atom is 0.240 e. The lowest BCUT2D eigenvalue weighted by Gasteiger charge is -1.99. The number of nitrogens with zero attached hydrogens (tertiary/aromatic N) is 3. The van der Waals surface area contributed by atoms with E-state index in [0.29, 0.717) is 5.69 Å². The highest BCUT2D eigenvalue weighted by atomic mass is 16.1. The molecule has 74 valence electrons. The first-order valence-corrected chi connectivity index (χ1v) is 4.48. The Balaban J connectivity index is 2.56. The van der Waals surface area contributed by atoms with Crippen molar-refractivity contribution < 1.29 is 4.79 Å². The Morgan fingerprint density at radius 2 is 2.13 bits per heavy atom.